The lowest BCUT2D eigenvalue weighted by molar-refractivity contribution is -0.138. The third-order valence-corrected chi connectivity index (χ3v) is 6.83. The topological polar surface area (TPSA) is 154 Å². The Morgan fingerprint density at radius 1 is 1.00 bits per heavy atom. The van der Waals surface area contributed by atoms with Crippen LogP contribution in [-0.2, 0) is 19.1 Å². The van der Waals surface area contributed by atoms with Crippen molar-refractivity contribution >= 4 is 11.9 Å². The van der Waals surface area contributed by atoms with E-state index in [2.05, 4.69) is 0 Å². The Morgan fingerprint density at radius 2 is 1.60 bits per heavy atom. The monoisotopic (exact) mass is 502 g/mol. The zero-order valence-electron chi connectivity index (χ0n) is 21.6. The summed E-state index contributed by atoms with van der Waals surface area (Å²) in [6.45, 7) is 7.21. The summed E-state index contributed by atoms with van der Waals surface area (Å²) < 4.78 is 11.1. The van der Waals surface area contributed by atoms with Gasteiger partial charge in [0.1, 0.15) is 6.10 Å². The standard InChI is InChI=1S/C26H46O9/c1-16(14-23(31)34-12-10-8-6-5-7-9-11-22(29)30)13-20(28)25(33)26-17(2)15-21(35-26)24(32)18(3)19(4)27/h14,17-21,24-28,32-33H,5-13,15H2,1-4H3,(H,29,30)/b16-14+/t17-,18+,19+,20+,21-,24+,25+,26-/m1/s1. The molecule has 0 radical (unpaired) electrons. The first-order valence-corrected chi connectivity index (χ1v) is 12.9. The molecular weight excluding hydrogens is 456 g/mol. The SMILES string of the molecule is C/C(=C\C(=O)OCCCCCCCCC(=O)O)C[C@H](O)[C@H](O)[C@@H]1O[C@@H]([C@@H](O)[C@@H](C)[C@H](C)O)C[C@H]1C. The maximum absolute atomic E-state index is 12.0. The van der Waals surface area contributed by atoms with Crippen LogP contribution in [0.15, 0.2) is 11.6 Å². The Labute approximate surface area is 209 Å². The Balaban J connectivity index is 2.35. The highest BCUT2D eigenvalue weighted by atomic mass is 16.5. The van der Waals surface area contributed by atoms with Crippen molar-refractivity contribution in [1.82, 2.24) is 0 Å². The van der Waals surface area contributed by atoms with E-state index in [9.17, 15) is 30.0 Å². The molecule has 1 aliphatic heterocycles. The van der Waals surface area contributed by atoms with E-state index in [-0.39, 0.29) is 24.7 Å². The van der Waals surface area contributed by atoms with Crippen LogP contribution in [0.25, 0.3) is 0 Å². The summed E-state index contributed by atoms with van der Waals surface area (Å²) in [6, 6.07) is 0. The van der Waals surface area contributed by atoms with Gasteiger partial charge in [0.25, 0.3) is 0 Å². The smallest absolute Gasteiger partial charge is 0.330 e. The molecule has 1 rings (SSSR count). The number of aliphatic carboxylic acids is 1. The van der Waals surface area contributed by atoms with Crippen molar-refractivity contribution in [3.8, 4) is 0 Å². The minimum absolute atomic E-state index is 0.0798. The first-order valence-electron chi connectivity index (χ1n) is 12.9. The van der Waals surface area contributed by atoms with Gasteiger partial charge in [-0.25, -0.2) is 4.79 Å². The largest absolute Gasteiger partial charge is 0.481 e. The van der Waals surface area contributed by atoms with Gasteiger partial charge in [-0.3, -0.25) is 4.79 Å². The summed E-state index contributed by atoms with van der Waals surface area (Å²) >= 11 is 0. The zero-order valence-corrected chi connectivity index (χ0v) is 21.6. The molecule has 1 fully saturated rings. The fourth-order valence-corrected chi connectivity index (χ4v) is 4.38. The van der Waals surface area contributed by atoms with E-state index < -0.39 is 48.6 Å². The number of carboxylic acids is 1. The molecule has 0 aromatic heterocycles. The van der Waals surface area contributed by atoms with Gasteiger partial charge in [0.15, 0.2) is 0 Å². The van der Waals surface area contributed by atoms with Gasteiger partial charge in [-0.05, 0) is 45.4 Å². The number of aliphatic hydroxyl groups excluding tert-OH is 4. The molecule has 5 N–H and O–H groups in total. The van der Waals surface area contributed by atoms with E-state index in [4.69, 9.17) is 14.6 Å². The van der Waals surface area contributed by atoms with Crippen molar-refractivity contribution in [2.75, 3.05) is 6.61 Å². The van der Waals surface area contributed by atoms with Crippen molar-refractivity contribution in [3.63, 3.8) is 0 Å². The van der Waals surface area contributed by atoms with E-state index in [1.165, 1.54) is 6.08 Å². The fraction of sp³-hybridized carbons (Fsp3) is 0.846. The maximum Gasteiger partial charge on any atom is 0.330 e. The average Bonchev–Trinajstić information content (AvgIpc) is 3.17. The van der Waals surface area contributed by atoms with Gasteiger partial charge in [0, 0.05) is 18.4 Å². The van der Waals surface area contributed by atoms with Gasteiger partial charge in [-0.1, -0.05) is 45.1 Å². The summed E-state index contributed by atoms with van der Waals surface area (Å²) in [5.41, 5.74) is 0.574. The minimum Gasteiger partial charge on any atom is -0.481 e. The molecule has 9 heteroatoms. The highest BCUT2D eigenvalue weighted by Gasteiger charge is 2.43. The Bertz CT molecular complexity index is 663. The Morgan fingerprint density at radius 3 is 2.20 bits per heavy atom. The number of unbranched alkanes of at least 4 members (excludes halogenated alkanes) is 5. The van der Waals surface area contributed by atoms with Crippen LogP contribution in [0.4, 0.5) is 0 Å². The van der Waals surface area contributed by atoms with Crippen LogP contribution in [0, 0.1) is 11.8 Å². The molecule has 0 aromatic carbocycles. The number of carbonyl (C=O) groups is 2. The molecule has 0 unspecified atom stereocenters. The lowest BCUT2D eigenvalue weighted by Gasteiger charge is -2.29. The molecule has 0 spiro atoms. The molecule has 0 amide bonds. The minimum atomic E-state index is -1.18. The van der Waals surface area contributed by atoms with E-state index in [1.807, 2.05) is 6.92 Å². The Kier molecular flexibility index (Phi) is 14.6. The number of esters is 1. The number of ether oxygens (including phenoxy) is 2. The van der Waals surface area contributed by atoms with Crippen LogP contribution in [-0.4, -0.2) is 80.7 Å². The van der Waals surface area contributed by atoms with Crippen LogP contribution in [0.1, 0.15) is 85.5 Å². The fourth-order valence-electron chi connectivity index (χ4n) is 4.38. The molecule has 204 valence electrons. The summed E-state index contributed by atoms with van der Waals surface area (Å²) in [7, 11) is 0. The number of rotatable bonds is 17. The Hall–Kier alpha value is -1.52. The molecule has 35 heavy (non-hydrogen) atoms. The van der Waals surface area contributed by atoms with Crippen molar-refractivity contribution in [1.29, 1.82) is 0 Å². The summed E-state index contributed by atoms with van der Waals surface area (Å²) in [6.07, 6.45) is 2.16. The van der Waals surface area contributed by atoms with Crippen molar-refractivity contribution in [2.45, 2.75) is 122 Å². The number of hydrogen-bond acceptors (Lipinski definition) is 8. The lowest BCUT2D eigenvalue weighted by Crippen LogP contribution is -2.42. The number of aliphatic hydroxyl groups is 4. The normalized spacial score (nSPS) is 25.0. The summed E-state index contributed by atoms with van der Waals surface area (Å²) in [5, 5.41) is 49.9. The van der Waals surface area contributed by atoms with Crippen molar-refractivity contribution < 1.29 is 44.6 Å². The van der Waals surface area contributed by atoms with Gasteiger partial charge in [-0.15, -0.1) is 0 Å². The van der Waals surface area contributed by atoms with Crippen LogP contribution >= 0.6 is 0 Å². The third-order valence-electron chi connectivity index (χ3n) is 6.83. The van der Waals surface area contributed by atoms with Gasteiger partial charge in [0.2, 0.25) is 0 Å². The molecule has 0 saturated carbocycles. The van der Waals surface area contributed by atoms with E-state index >= 15 is 0 Å². The predicted octanol–water partition coefficient (Wildman–Crippen LogP) is 2.57. The lowest BCUT2D eigenvalue weighted by atomic mass is 9.89. The molecule has 0 bridgehead atoms. The summed E-state index contributed by atoms with van der Waals surface area (Å²) in [4.78, 5) is 22.5. The van der Waals surface area contributed by atoms with Crippen molar-refractivity contribution in [2.24, 2.45) is 11.8 Å². The second kappa shape index (κ2) is 16.3. The maximum atomic E-state index is 12.0. The predicted molar refractivity (Wildman–Crippen MR) is 131 cm³/mol. The zero-order chi connectivity index (χ0) is 26.5. The van der Waals surface area contributed by atoms with Crippen LogP contribution < -0.4 is 0 Å². The molecule has 8 atom stereocenters. The van der Waals surface area contributed by atoms with Crippen LogP contribution in [0.5, 0.6) is 0 Å². The third kappa shape index (κ3) is 11.8. The molecule has 0 aliphatic carbocycles. The van der Waals surface area contributed by atoms with Gasteiger partial charge >= 0.3 is 11.9 Å². The second-order valence-corrected chi connectivity index (χ2v) is 10.1. The van der Waals surface area contributed by atoms with Crippen LogP contribution in [0.3, 0.4) is 0 Å². The first kappa shape index (κ1) is 31.5. The van der Waals surface area contributed by atoms with Gasteiger partial charge < -0.3 is 35.0 Å². The van der Waals surface area contributed by atoms with E-state index in [0.717, 1.165) is 32.1 Å². The quantitative estimate of drug-likeness (QED) is 0.115. The van der Waals surface area contributed by atoms with Crippen LogP contribution in [0.2, 0.25) is 0 Å². The number of carbonyl (C=O) groups excluding carboxylic acids is 1. The molecule has 1 saturated heterocycles. The van der Waals surface area contributed by atoms with E-state index in [1.54, 1.807) is 20.8 Å². The number of hydrogen-bond donors (Lipinski definition) is 5. The summed E-state index contributed by atoms with van der Waals surface area (Å²) in [5.74, 6) is -1.73. The van der Waals surface area contributed by atoms with Gasteiger partial charge in [-0.2, -0.15) is 0 Å². The average molecular weight is 503 g/mol. The van der Waals surface area contributed by atoms with Gasteiger partial charge in [0.05, 0.1) is 37.1 Å². The van der Waals surface area contributed by atoms with Crippen molar-refractivity contribution in [3.05, 3.63) is 11.6 Å². The molecular formula is C26H46O9. The molecule has 0 aromatic rings. The number of carboxylic acid groups (broad SMARTS) is 1. The molecule has 1 heterocycles. The van der Waals surface area contributed by atoms with E-state index in [0.29, 0.717) is 25.0 Å². The second-order valence-electron chi connectivity index (χ2n) is 10.1. The molecule has 9 nitrogen and oxygen atoms in total. The highest BCUT2D eigenvalue weighted by molar-refractivity contribution is 5.82. The highest BCUT2D eigenvalue weighted by Crippen LogP contribution is 2.34. The molecule has 1 aliphatic rings. The first-order chi connectivity index (χ1) is 16.4.